The van der Waals surface area contributed by atoms with Crippen LogP contribution in [0.4, 0.5) is 5.69 Å². The van der Waals surface area contributed by atoms with Crippen LogP contribution in [-0.2, 0) is 23.9 Å². The number of carbonyl (C=O) groups excluding carboxylic acids is 4. The summed E-state index contributed by atoms with van der Waals surface area (Å²) in [6.07, 6.45) is 2.02. The van der Waals surface area contributed by atoms with Crippen LogP contribution in [0.2, 0.25) is 0 Å². The first kappa shape index (κ1) is 26.9. The second-order valence-electron chi connectivity index (χ2n) is 11.4. The van der Waals surface area contributed by atoms with Crippen molar-refractivity contribution in [2.45, 2.75) is 51.4 Å². The summed E-state index contributed by atoms with van der Waals surface area (Å²) in [4.78, 5) is 53.2. The van der Waals surface area contributed by atoms with Gasteiger partial charge in [-0.3, -0.25) is 24.1 Å². The molecule has 7 heteroatoms. The van der Waals surface area contributed by atoms with Gasteiger partial charge in [-0.15, -0.1) is 0 Å². The molecule has 0 unspecified atom stereocenters. The summed E-state index contributed by atoms with van der Waals surface area (Å²) in [5, 5.41) is 2.81. The van der Waals surface area contributed by atoms with Gasteiger partial charge in [0.1, 0.15) is 0 Å². The molecule has 2 bridgehead atoms. The van der Waals surface area contributed by atoms with Crippen molar-refractivity contribution in [1.29, 1.82) is 0 Å². The lowest BCUT2D eigenvalue weighted by Crippen LogP contribution is -2.41. The quantitative estimate of drug-likeness (QED) is 0.224. The van der Waals surface area contributed by atoms with Crippen LogP contribution in [0, 0.1) is 25.7 Å². The highest BCUT2D eigenvalue weighted by Gasteiger charge is 2.61. The van der Waals surface area contributed by atoms with E-state index in [-0.39, 0.29) is 54.4 Å². The van der Waals surface area contributed by atoms with E-state index < -0.39 is 5.97 Å². The lowest BCUT2D eigenvalue weighted by molar-refractivity contribution is -0.147. The topological polar surface area (TPSA) is 92.8 Å². The van der Waals surface area contributed by atoms with Gasteiger partial charge in [-0.25, -0.2) is 0 Å². The molecule has 3 aliphatic carbocycles. The number of hydrogen-bond acceptors (Lipinski definition) is 5. The number of rotatable bonds is 9. The maximum Gasteiger partial charge on any atom is 0.306 e. The number of esters is 1. The minimum atomic E-state index is -0.437. The zero-order valence-electron chi connectivity index (χ0n) is 23.4. The maximum absolute atomic E-state index is 13.6. The summed E-state index contributed by atoms with van der Waals surface area (Å²) >= 11 is 0. The fourth-order valence-electron chi connectivity index (χ4n) is 7.08. The Morgan fingerprint density at radius 3 is 1.76 bits per heavy atom. The Bertz CT molecular complexity index is 1410. The van der Waals surface area contributed by atoms with E-state index in [1.54, 1.807) is 0 Å². The highest BCUT2D eigenvalue weighted by molar-refractivity contribution is 6.07. The number of nitrogens with one attached hydrogen (secondary N) is 1. The second-order valence-corrected chi connectivity index (χ2v) is 11.4. The number of unbranched alkanes of at least 4 members (excludes halogenated alkanes) is 2. The summed E-state index contributed by atoms with van der Waals surface area (Å²) in [7, 11) is 0. The highest BCUT2D eigenvalue weighted by Crippen LogP contribution is 2.60. The minimum absolute atomic E-state index is 0.0756. The third-order valence-electron chi connectivity index (χ3n) is 8.91. The second kappa shape index (κ2) is 11.0. The molecule has 7 nitrogen and oxygen atoms in total. The Labute approximate surface area is 239 Å². The highest BCUT2D eigenvalue weighted by atomic mass is 16.5. The summed E-state index contributed by atoms with van der Waals surface area (Å²) in [5.41, 5.74) is 7.30. The number of aryl methyl sites for hydroxylation is 2. The molecule has 0 saturated carbocycles. The van der Waals surface area contributed by atoms with E-state index in [4.69, 9.17) is 4.74 Å². The first-order chi connectivity index (χ1) is 19.9. The fraction of sp³-hybridized carbons (Fsp3) is 0.353. The molecule has 3 aromatic carbocycles. The van der Waals surface area contributed by atoms with Crippen molar-refractivity contribution in [1.82, 2.24) is 4.90 Å². The summed E-state index contributed by atoms with van der Waals surface area (Å²) in [6.45, 7) is 3.84. The monoisotopic (exact) mass is 550 g/mol. The zero-order valence-corrected chi connectivity index (χ0v) is 23.4. The Kier molecular flexibility index (Phi) is 7.20. The SMILES string of the molecule is Cc1cccc(C)c1NC(=O)COC(=O)CCCCCN1C(=O)[C@@H]2C3c4ccccc4C(c4ccccc43)[C@@H]2C1=O. The van der Waals surface area contributed by atoms with E-state index in [2.05, 4.69) is 29.6 Å². The van der Waals surface area contributed by atoms with Crippen LogP contribution in [0.5, 0.6) is 0 Å². The van der Waals surface area contributed by atoms with Crippen molar-refractivity contribution >= 4 is 29.4 Å². The summed E-state index contributed by atoms with van der Waals surface area (Å²) < 4.78 is 5.16. The van der Waals surface area contributed by atoms with Gasteiger partial charge >= 0.3 is 5.97 Å². The molecule has 0 radical (unpaired) electrons. The molecule has 0 spiro atoms. The largest absolute Gasteiger partial charge is 0.456 e. The summed E-state index contributed by atoms with van der Waals surface area (Å²) in [6, 6.07) is 22.2. The van der Waals surface area contributed by atoms with E-state index in [9.17, 15) is 19.2 Å². The molecule has 41 heavy (non-hydrogen) atoms. The number of carbonyl (C=O) groups is 4. The molecule has 2 atom stereocenters. The molecular weight excluding hydrogens is 516 g/mol. The van der Waals surface area contributed by atoms with Gasteiger partial charge in [0.15, 0.2) is 6.61 Å². The molecule has 3 aromatic rings. The molecular formula is C34H34N2O5. The van der Waals surface area contributed by atoms with Crippen LogP contribution >= 0.6 is 0 Å². The normalized spacial score (nSPS) is 21.8. The Balaban J connectivity index is 1.00. The Hall–Kier alpha value is -4.26. The number of nitrogens with zero attached hydrogens (tertiary/aromatic N) is 1. The molecule has 210 valence electrons. The number of hydrogen-bond donors (Lipinski definition) is 1. The van der Waals surface area contributed by atoms with Crippen molar-refractivity contribution in [3.63, 3.8) is 0 Å². The van der Waals surface area contributed by atoms with Crippen molar-refractivity contribution in [3.8, 4) is 0 Å². The standard InChI is InChI=1S/C34H34N2O5/c1-20-11-10-12-21(2)32(20)35-26(37)19-41-27(38)17-4-3-9-18-36-33(39)30-28-22-13-5-6-14-23(22)29(31(30)34(36)40)25-16-8-7-15-24(25)28/h5-8,10-16,28-31H,3-4,9,17-19H2,1-2H3,(H,35,37)/t28?,29?,30-,31+. The molecule has 4 aliphatic rings. The smallest absolute Gasteiger partial charge is 0.306 e. The molecule has 0 aromatic heterocycles. The number of anilines is 1. The van der Waals surface area contributed by atoms with Gasteiger partial charge in [0.25, 0.3) is 5.91 Å². The van der Waals surface area contributed by atoms with Crippen molar-refractivity contribution in [2.24, 2.45) is 11.8 Å². The third-order valence-corrected chi connectivity index (χ3v) is 8.91. The molecule has 3 amide bonds. The summed E-state index contributed by atoms with van der Waals surface area (Å²) in [5.74, 6) is -1.87. The Morgan fingerprint density at radius 2 is 1.24 bits per heavy atom. The third kappa shape index (κ3) is 4.73. The zero-order chi connectivity index (χ0) is 28.7. The predicted octanol–water partition coefficient (Wildman–Crippen LogP) is 5.24. The Morgan fingerprint density at radius 1 is 0.732 bits per heavy atom. The molecule has 1 N–H and O–H groups in total. The van der Waals surface area contributed by atoms with Gasteiger partial charge in [0, 0.05) is 30.5 Å². The first-order valence-corrected chi connectivity index (χ1v) is 14.4. The van der Waals surface area contributed by atoms with Gasteiger partial charge in [-0.2, -0.15) is 0 Å². The molecule has 1 fully saturated rings. The van der Waals surface area contributed by atoms with Gasteiger partial charge in [-0.1, -0.05) is 73.2 Å². The van der Waals surface area contributed by atoms with E-state index in [0.717, 1.165) is 16.8 Å². The lowest BCUT2D eigenvalue weighted by Gasteiger charge is -2.45. The number of benzene rings is 3. The minimum Gasteiger partial charge on any atom is -0.456 e. The average Bonchev–Trinajstić information content (AvgIpc) is 3.23. The van der Waals surface area contributed by atoms with Crippen LogP contribution in [0.3, 0.4) is 0 Å². The van der Waals surface area contributed by atoms with E-state index in [1.807, 2.05) is 56.3 Å². The number of para-hydroxylation sites is 1. The molecule has 1 saturated heterocycles. The van der Waals surface area contributed by atoms with E-state index >= 15 is 0 Å². The maximum atomic E-state index is 13.6. The van der Waals surface area contributed by atoms with Crippen LogP contribution in [0.25, 0.3) is 0 Å². The van der Waals surface area contributed by atoms with Crippen LogP contribution < -0.4 is 5.32 Å². The van der Waals surface area contributed by atoms with Crippen LogP contribution in [-0.4, -0.2) is 41.7 Å². The number of imide groups is 1. The average molecular weight is 551 g/mol. The molecule has 7 rings (SSSR count). The molecule has 1 aliphatic heterocycles. The predicted molar refractivity (Wildman–Crippen MR) is 154 cm³/mol. The first-order valence-electron chi connectivity index (χ1n) is 14.4. The van der Waals surface area contributed by atoms with E-state index in [1.165, 1.54) is 27.2 Å². The van der Waals surface area contributed by atoms with Gasteiger partial charge in [0.2, 0.25) is 11.8 Å². The van der Waals surface area contributed by atoms with Crippen LogP contribution in [0.1, 0.15) is 70.9 Å². The van der Waals surface area contributed by atoms with Crippen molar-refractivity contribution in [2.75, 3.05) is 18.5 Å². The molecule has 1 heterocycles. The van der Waals surface area contributed by atoms with Crippen LogP contribution in [0.15, 0.2) is 66.7 Å². The fourth-order valence-corrected chi connectivity index (χ4v) is 7.08. The lowest BCUT2D eigenvalue weighted by atomic mass is 9.55. The van der Waals surface area contributed by atoms with Gasteiger partial charge in [-0.05, 0) is 60.1 Å². The van der Waals surface area contributed by atoms with Crippen molar-refractivity contribution < 1.29 is 23.9 Å². The van der Waals surface area contributed by atoms with E-state index in [0.29, 0.717) is 25.8 Å². The number of amides is 3. The van der Waals surface area contributed by atoms with Crippen molar-refractivity contribution in [3.05, 3.63) is 100 Å². The van der Waals surface area contributed by atoms with Gasteiger partial charge in [0.05, 0.1) is 11.8 Å². The number of ether oxygens (including phenoxy) is 1. The number of likely N-dealkylation sites (tertiary alicyclic amines) is 1. The van der Waals surface area contributed by atoms with Gasteiger partial charge < -0.3 is 10.1 Å².